The lowest BCUT2D eigenvalue weighted by atomic mass is 10.3. The van der Waals surface area contributed by atoms with E-state index in [1.807, 2.05) is 0 Å². The Morgan fingerprint density at radius 3 is 2.67 bits per heavy atom. The smallest absolute Gasteiger partial charge is 0.330 e. The minimum atomic E-state index is -0.569. The summed E-state index contributed by atoms with van der Waals surface area (Å²) in [5, 5.41) is 8.88. The summed E-state index contributed by atoms with van der Waals surface area (Å²) in [6.07, 6.45) is 11.8. The van der Waals surface area contributed by atoms with Crippen LogP contribution in [0.3, 0.4) is 0 Å². The van der Waals surface area contributed by atoms with Crippen molar-refractivity contribution in [2.24, 2.45) is 0 Å². The molecule has 18 heavy (non-hydrogen) atoms. The number of aliphatic hydroxyl groups excluding tert-OH is 1. The second-order valence-electron chi connectivity index (χ2n) is 3.61. The second kappa shape index (κ2) is 6.00. The quantitative estimate of drug-likeness (QED) is 0.549. The Balaban J connectivity index is 0.000000771. The number of aliphatic hydroxyl groups is 1. The fourth-order valence-corrected chi connectivity index (χ4v) is 1.53. The molecule has 0 aromatic carbocycles. The van der Waals surface area contributed by atoms with Crippen LogP contribution in [0.1, 0.15) is 11.8 Å². The maximum absolute atomic E-state index is 11.5. The summed E-state index contributed by atoms with van der Waals surface area (Å²) in [5.74, 6) is 0. The molecule has 1 aliphatic heterocycles. The van der Waals surface area contributed by atoms with E-state index in [0.717, 1.165) is 0 Å². The van der Waals surface area contributed by atoms with Crippen molar-refractivity contribution < 1.29 is 9.84 Å². The highest BCUT2D eigenvalue weighted by Crippen LogP contribution is 2.18. The molecule has 2 rings (SSSR count). The molecule has 1 aliphatic rings. The van der Waals surface area contributed by atoms with Gasteiger partial charge in [0.1, 0.15) is 6.10 Å². The lowest BCUT2D eigenvalue weighted by Crippen LogP contribution is -2.33. The third kappa shape index (κ3) is 2.77. The molecule has 6 heteroatoms. The van der Waals surface area contributed by atoms with Crippen molar-refractivity contribution in [3.63, 3.8) is 0 Å². The number of hydrogen-bond donors (Lipinski definition) is 2. The Morgan fingerprint density at radius 1 is 1.44 bits per heavy atom. The molecule has 0 radical (unpaired) electrons. The maximum Gasteiger partial charge on any atom is 0.330 e. The third-order valence-corrected chi connectivity index (χ3v) is 2.40. The summed E-state index contributed by atoms with van der Waals surface area (Å²) in [7, 11) is 0. The number of H-pyrrole nitrogens is 1. The molecule has 0 spiro atoms. The zero-order valence-electron chi connectivity index (χ0n) is 9.87. The summed E-state index contributed by atoms with van der Waals surface area (Å²) >= 11 is 0. The molecule has 6 nitrogen and oxygen atoms in total. The molecule has 0 fully saturated rings. The molecule has 96 valence electrons. The Labute approximate surface area is 104 Å². The van der Waals surface area contributed by atoms with Crippen LogP contribution >= 0.6 is 0 Å². The number of aromatic amines is 1. The van der Waals surface area contributed by atoms with E-state index in [0.29, 0.717) is 5.56 Å². The maximum atomic E-state index is 11.5. The summed E-state index contributed by atoms with van der Waals surface area (Å²) in [6, 6.07) is 0. The normalized spacial score (nSPS) is 21.3. The first-order chi connectivity index (χ1) is 8.61. The van der Waals surface area contributed by atoms with Gasteiger partial charge in [0.2, 0.25) is 0 Å². The summed E-state index contributed by atoms with van der Waals surface area (Å²) in [5.41, 5.74) is -0.491. The molecular formula is C12H14N2O4. The minimum absolute atomic E-state index is 0.135. The fourth-order valence-electron chi connectivity index (χ4n) is 1.53. The van der Waals surface area contributed by atoms with Gasteiger partial charge in [-0.05, 0) is 13.0 Å². The average molecular weight is 250 g/mol. The number of aryl methyl sites for hydroxylation is 1. The van der Waals surface area contributed by atoms with Gasteiger partial charge < -0.3 is 9.84 Å². The largest absolute Gasteiger partial charge is 0.393 e. The zero-order valence-corrected chi connectivity index (χ0v) is 9.87. The first kappa shape index (κ1) is 14.0. The first-order valence-electron chi connectivity index (χ1n) is 5.22. The molecule has 2 heterocycles. The van der Waals surface area contributed by atoms with Crippen molar-refractivity contribution in [1.82, 2.24) is 9.55 Å². The van der Waals surface area contributed by atoms with E-state index in [1.165, 1.54) is 10.8 Å². The standard InChI is InChI=1S/C10H12N2O4.C2H2/c1-6-4-12(10(15)11-9(6)14)8-3-2-7(5-13)16-8;1-2/h2-4,7-8,13H,5H2,1H3,(H,11,14,15);1-2H/t7-,8?;/m0./s1. The summed E-state index contributed by atoms with van der Waals surface area (Å²) < 4.78 is 6.63. The Kier molecular flexibility index (Phi) is 4.66. The highest BCUT2D eigenvalue weighted by molar-refractivity contribution is 5.06. The number of rotatable bonds is 2. The monoisotopic (exact) mass is 250 g/mol. The molecular weight excluding hydrogens is 236 g/mol. The van der Waals surface area contributed by atoms with E-state index >= 15 is 0 Å². The first-order valence-corrected chi connectivity index (χ1v) is 5.22. The molecule has 2 N–H and O–H groups in total. The van der Waals surface area contributed by atoms with Gasteiger partial charge >= 0.3 is 5.69 Å². The number of terminal acetylenes is 1. The molecule has 2 atom stereocenters. The van der Waals surface area contributed by atoms with Crippen LogP contribution in [0.5, 0.6) is 0 Å². The van der Waals surface area contributed by atoms with Gasteiger partial charge in [0, 0.05) is 11.8 Å². The highest BCUT2D eigenvalue weighted by atomic mass is 16.5. The van der Waals surface area contributed by atoms with Crippen LogP contribution in [0.15, 0.2) is 27.9 Å². The molecule has 0 saturated carbocycles. The van der Waals surface area contributed by atoms with Gasteiger partial charge in [0.25, 0.3) is 5.56 Å². The number of ether oxygens (including phenoxy) is 1. The van der Waals surface area contributed by atoms with Crippen molar-refractivity contribution in [2.75, 3.05) is 6.61 Å². The number of hydrogen-bond acceptors (Lipinski definition) is 4. The molecule has 0 bridgehead atoms. The fraction of sp³-hybridized carbons (Fsp3) is 0.333. The second-order valence-corrected chi connectivity index (χ2v) is 3.61. The van der Waals surface area contributed by atoms with Crippen LogP contribution in [0.25, 0.3) is 0 Å². The highest BCUT2D eigenvalue weighted by Gasteiger charge is 2.20. The molecule has 0 aliphatic carbocycles. The molecule has 1 aromatic rings. The topological polar surface area (TPSA) is 84.3 Å². The van der Waals surface area contributed by atoms with Gasteiger partial charge in [-0.15, -0.1) is 12.8 Å². The van der Waals surface area contributed by atoms with E-state index in [1.54, 1.807) is 19.1 Å². The average Bonchev–Trinajstić information content (AvgIpc) is 2.85. The van der Waals surface area contributed by atoms with Crippen molar-refractivity contribution in [3.8, 4) is 12.8 Å². The Morgan fingerprint density at radius 2 is 2.11 bits per heavy atom. The van der Waals surface area contributed by atoms with Gasteiger partial charge in [-0.1, -0.05) is 6.08 Å². The van der Waals surface area contributed by atoms with E-state index in [2.05, 4.69) is 17.8 Å². The molecule has 0 amide bonds. The van der Waals surface area contributed by atoms with Gasteiger partial charge in [-0.2, -0.15) is 0 Å². The lowest BCUT2D eigenvalue weighted by molar-refractivity contribution is -0.0104. The van der Waals surface area contributed by atoms with Crippen LogP contribution < -0.4 is 11.2 Å². The summed E-state index contributed by atoms with van der Waals surface area (Å²) in [6.45, 7) is 1.47. The summed E-state index contributed by atoms with van der Waals surface area (Å²) in [4.78, 5) is 24.9. The molecule has 1 aromatic heterocycles. The molecule has 0 saturated heterocycles. The van der Waals surface area contributed by atoms with Crippen LogP contribution in [-0.4, -0.2) is 27.4 Å². The van der Waals surface area contributed by atoms with E-state index in [-0.39, 0.29) is 6.61 Å². The van der Waals surface area contributed by atoms with E-state index in [4.69, 9.17) is 9.84 Å². The number of aromatic nitrogens is 2. The van der Waals surface area contributed by atoms with Gasteiger partial charge in [0.15, 0.2) is 6.23 Å². The Bertz CT molecular complexity index is 567. The van der Waals surface area contributed by atoms with Gasteiger partial charge in [-0.3, -0.25) is 14.3 Å². The van der Waals surface area contributed by atoms with Gasteiger partial charge in [-0.25, -0.2) is 4.79 Å². The van der Waals surface area contributed by atoms with Crippen LogP contribution in [0.4, 0.5) is 0 Å². The van der Waals surface area contributed by atoms with Crippen LogP contribution in [0, 0.1) is 19.8 Å². The zero-order chi connectivity index (χ0) is 13.7. The van der Waals surface area contributed by atoms with E-state index in [9.17, 15) is 9.59 Å². The third-order valence-electron chi connectivity index (χ3n) is 2.40. The predicted octanol–water partition coefficient (Wildman–Crippen LogP) is -0.460. The molecule has 1 unspecified atom stereocenters. The van der Waals surface area contributed by atoms with Crippen molar-refractivity contribution in [2.45, 2.75) is 19.3 Å². The van der Waals surface area contributed by atoms with Crippen molar-refractivity contribution in [1.29, 1.82) is 0 Å². The number of nitrogens with zero attached hydrogens (tertiary/aromatic N) is 1. The number of nitrogens with one attached hydrogen (secondary N) is 1. The minimum Gasteiger partial charge on any atom is -0.393 e. The SMILES string of the molecule is C#C.Cc1cn(C2C=C[C@@H](CO)O2)c(=O)[nH]c1=O. The van der Waals surface area contributed by atoms with Crippen molar-refractivity contribution in [3.05, 3.63) is 44.8 Å². The van der Waals surface area contributed by atoms with Crippen molar-refractivity contribution >= 4 is 0 Å². The Hall–Kier alpha value is -2.10. The lowest BCUT2D eigenvalue weighted by Gasteiger charge is -2.14. The predicted molar refractivity (Wildman–Crippen MR) is 66.1 cm³/mol. The van der Waals surface area contributed by atoms with E-state index < -0.39 is 23.6 Å². The van der Waals surface area contributed by atoms with Crippen LogP contribution in [0.2, 0.25) is 0 Å². The van der Waals surface area contributed by atoms with Gasteiger partial charge in [0.05, 0.1) is 6.61 Å². The van der Waals surface area contributed by atoms with Crippen LogP contribution in [-0.2, 0) is 4.74 Å².